The molecule has 0 saturated heterocycles. The molecule has 2 aliphatic heterocycles. The van der Waals surface area contributed by atoms with E-state index >= 15 is 0 Å². The van der Waals surface area contributed by atoms with Crippen LogP contribution in [0.5, 0.6) is 0 Å². The van der Waals surface area contributed by atoms with Gasteiger partial charge in [-0.15, -0.1) is 0 Å². The van der Waals surface area contributed by atoms with Gasteiger partial charge in [-0.05, 0) is 13.8 Å². The van der Waals surface area contributed by atoms with E-state index in [4.69, 9.17) is 4.74 Å². The summed E-state index contributed by atoms with van der Waals surface area (Å²) in [5, 5.41) is 12.9. The topological polar surface area (TPSA) is 229 Å². The highest BCUT2D eigenvalue weighted by molar-refractivity contribution is 6.13. The number of ether oxygens (including phenoxy) is 1. The Morgan fingerprint density at radius 2 is 1.00 bits per heavy atom. The third kappa shape index (κ3) is 13.1. The Bertz CT molecular complexity index is 1120. The van der Waals surface area contributed by atoms with E-state index in [1.54, 1.807) is 6.92 Å². The molecule has 17 heteroatoms. The molecule has 2 rings (SSSR count). The molecule has 0 aliphatic carbocycles. The molecule has 5 N–H and O–H groups in total. The highest BCUT2D eigenvalue weighted by atomic mass is 16.5. The molecule has 1 unspecified atom stereocenters. The van der Waals surface area contributed by atoms with Crippen LogP contribution in [0.25, 0.3) is 0 Å². The molecular weight excluding hydrogens is 594 g/mol. The summed E-state index contributed by atoms with van der Waals surface area (Å²) in [6.07, 6.45) is 2.97. The van der Waals surface area contributed by atoms with Crippen LogP contribution in [-0.2, 0) is 47.9 Å². The predicted molar refractivity (Wildman–Crippen MR) is 155 cm³/mol. The Labute approximate surface area is 259 Å². The number of carbonyl (C=O) groups excluding carboxylic acids is 9. The van der Waals surface area contributed by atoms with Crippen LogP contribution in [0, 0.1) is 0 Å². The molecule has 2 aliphatic rings. The fourth-order valence-corrected chi connectivity index (χ4v) is 4.12. The molecule has 0 aromatic rings. The van der Waals surface area contributed by atoms with Crippen molar-refractivity contribution in [2.45, 2.75) is 51.7 Å². The van der Waals surface area contributed by atoms with Gasteiger partial charge in [0.25, 0.3) is 23.6 Å². The molecule has 1 atom stereocenters. The van der Waals surface area contributed by atoms with Crippen molar-refractivity contribution in [1.29, 1.82) is 0 Å². The summed E-state index contributed by atoms with van der Waals surface area (Å²) in [4.78, 5) is 110. The smallest absolute Gasteiger partial charge is 0.253 e. The summed E-state index contributed by atoms with van der Waals surface area (Å²) < 4.78 is 5.27. The van der Waals surface area contributed by atoms with Crippen LogP contribution in [0.1, 0.15) is 39.5 Å². The molecule has 0 aromatic carbocycles. The number of imide groups is 2. The lowest BCUT2D eigenvalue weighted by Crippen LogP contribution is -2.47. The fraction of sp³-hybridized carbons (Fsp3) is 0.536. The zero-order chi connectivity index (χ0) is 33.4. The van der Waals surface area contributed by atoms with E-state index in [0.717, 1.165) is 34.1 Å². The molecule has 0 spiro atoms. The summed E-state index contributed by atoms with van der Waals surface area (Å²) >= 11 is 0. The summed E-state index contributed by atoms with van der Waals surface area (Å²) in [5.74, 6) is -4.31. The average molecular weight is 634 g/mol. The second kappa shape index (κ2) is 18.7. The number of hydrogen-bond donors (Lipinski definition) is 5. The molecule has 246 valence electrons. The second-order valence-electron chi connectivity index (χ2n) is 9.93. The number of rotatable bonds is 20. The normalized spacial score (nSPS) is 14.6. The minimum atomic E-state index is -0.891. The van der Waals surface area contributed by atoms with Gasteiger partial charge in [0.2, 0.25) is 29.5 Å². The van der Waals surface area contributed by atoms with Crippen molar-refractivity contribution in [2.24, 2.45) is 0 Å². The maximum absolute atomic E-state index is 12.5. The van der Waals surface area contributed by atoms with Gasteiger partial charge in [-0.3, -0.25) is 53.0 Å². The molecular formula is C28H39N7O10. The number of hydrogen-bond acceptors (Lipinski definition) is 10. The molecule has 0 bridgehead atoms. The lowest BCUT2D eigenvalue weighted by Gasteiger charge is -2.21. The first-order valence-electron chi connectivity index (χ1n) is 14.5. The lowest BCUT2D eigenvalue weighted by molar-refractivity contribution is -0.139. The van der Waals surface area contributed by atoms with Crippen molar-refractivity contribution < 1.29 is 47.9 Å². The summed E-state index contributed by atoms with van der Waals surface area (Å²) in [6.45, 7) is 3.61. The Balaban J connectivity index is 1.71. The quantitative estimate of drug-likeness (QED) is 0.0665. The monoisotopic (exact) mass is 633 g/mol. The number of nitrogens with zero attached hydrogens (tertiary/aromatic N) is 2. The SMILES string of the molecule is CCOC(C)C(=O)NC(CC(=O)NCCNC(=O)CCN1C(=O)C=CC1=O)CC(=O)NCCNC(=O)CCN1C(=O)C=CC1=O. The third-order valence-electron chi connectivity index (χ3n) is 6.46. The highest BCUT2D eigenvalue weighted by Gasteiger charge is 2.25. The highest BCUT2D eigenvalue weighted by Crippen LogP contribution is 2.05. The van der Waals surface area contributed by atoms with Crippen LogP contribution < -0.4 is 26.6 Å². The lowest BCUT2D eigenvalue weighted by atomic mass is 10.1. The zero-order valence-corrected chi connectivity index (χ0v) is 25.2. The minimum absolute atomic E-state index is 0.0478. The van der Waals surface area contributed by atoms with E-state index in [1.165, 1.54) is 6.92 Å². The van der Waals surface area contributed by atoms with Crippen LogP contribution >= 0.6 is 0 Å². The van der Waals surface area contributed by atoms with Gasteiger partial charge in [-0.2, -0.15) is 0 Å². The maximum Gasteiger partial charge on any atom is 0.253 e. The van der Waals surface area contributed by atoms with E-state index in [2.05, 4.69) is 26.6 Å². The van der Waals surface area contributed by atoms with Gasteiger partial charge >= 0.3 is 0 Å². The average Bonchev–Trinajstić information content (AvgIpc) is 3.49. The molecule has 0 aromatic heterocycles. The largest absolute Gasteiger partial charge is 0.369 e. The van der Waals surface area contributed by atoms with Crippen LogP contribution in [0.15, 0.2) is 24.3 Å². The van der Waals surface area contributed by atoms with Gasteiger partial charge in [0.15, 0.2) is 0 Å². The Morgan fingerprint density at radius 3 is 1.36 bits per heavy atom. The van der Waals surface area contributed by atoms with Gasteiger partial charge in [0, 0.05) is 102 Å². The van der Waals surface area contributed by atoms with E-state index in [-0.39, 0.29) is 71.6 Å². The van der Waals surface area contributed by atoms with Crippen molar-refractivity contribution in [3.8, 4) is 0 Å². The van der Waals surface area contributed by atoms with Gasteiger partial charge < -0.3 is 31.3 Å². The van der Waals surface area contributed by atoms with Gasteiger partial charge in [-0.25, -0.2) is 0 Å². The molecule has 0 saturated carbocycles. The van der Waals surface area contributed by atoms with E-state index in [1.807, 2.05) is 0 Å². The van der Waals surface area contributed by atoms with Crippen LogP contribution in [0.4, 0.5) is 0 Å². The van der Waals surface area contributed by atoms with Crippen molar-refractivity contribution in [3.05, 3.63) is 24.3 Å². The summed E-state index contributed by atoms with van der Waals surface area (Å²) in [5.41, 5.74) is 0. The standard InChI is InChI=1S/C28H39N7O10/c1-3-45-18(2)28(44)33-19(16-22(38)31-12-10-29-20(36)8-14-34-24(40)4-5-25(34)41)17-23(39)32-13-11-30-21(37)9-15-35-26(42)6-7-27(35)43/h4-7,18-19H,3,8-17H2,1-2H3,(H,29,36)(H,30,37)(H,31,38)(H,32,39)(H,33,44). The molecule has 0 radical (unpaired) electrons. The fourth-order valence-electron chi connectivity index (χ4n) is 4.12. The molecule has 45 heavy (non-hydrogen) atoms. The molecule has 9 amide bonds. The molecule has 2 heterocycles. The van der Waals surface area contributed by atoms with Crippen LogP contribution in [0.3, 0.4) is 0 Å². The van der Waals surface area contributed by atoms with Crippen molar-refractivity contribution >= 4 is 53.2 Å². The first kappa shape index (κ1) is 36.3. The summed E-state index contributed by atoms with van der Waals surface area (Å²) in [6, 6.07) is -0.891. The first-order chi connectivity index (χ1) is 21.4. The minimum Gasteiger partial charge on any atom is -0.369 e. The van der Waals surface area contributed by atoms with E-state index < -0.39 is 65.3 Å². The van der Waals surface area contributed by atoms with E-state index in [9.17, 15) is 43.2 Å². The van der Waals surface area contributed by atoms with Crippen LogP contribution in [0.2, 0.25) is 0 Å². The zero-order valence-electron chi connectivity index (χ0n) is 25.2. The second-order valence-corrected chi connectivity index (χ2v) is 9.93. The molecule has 17 nitrogen and oxygen atoms in total. The Morgan fingerprint density at radius 1 is 0.644 bits per heavy atom. The number of nitrogens with one attached hydrogen (secondary N) is 5. The Hall–Kier alpha value is -4.93. The number of amides is 9. The Kier molecular flexibility index (Phi) is 15.0. The molecule has 0 fully saturated rings. The van der Waals surface area contributed by atoms with Gasteiger partial charge in [-0.1, -0.05) is 0 Å². The van der Waals surface area contributed by atoms with E-state index in [0.29, 0.717) is 0 Å². The number of carbonyl (C=O) groups is 9. The third-order valence-corrected chi connectivity index (χ3v) is 6.46. The van der Waals surface area contributed by atoms with Gasteiger partial charge in [0.1, 0.15) is 6.10 Å². The predicted octanol–water partition coefficient (Wildman–Crippen LogP) is -3.23. The van der Waals surface area contributed by atoms with Crippen LogP contribution in [-0.4, -0.2) is 121 Å². The first-order valence-corrected chi connectivity index (χ1v) is 14.5. The summed E-state index contributed by atoms with van der Waals surface area (Å²) in [7, 11) is 0. The maximum atomic E-state index is 12.5. The van der Waals surface area contributed by atoms with Crippen molar-refractivity contribution in [2.75, 3.05) is 45.9 Å². The van der Waals surface area contributed by atoms with Crippen molar-refractivity contribution in [1.82, 2.24) is 36.4 Å². The van der Waals surface area contributed by atoms with Gasteiger partial charge in [0.05, 0.1) is 0 Å². The van der Waals surface area contributed by atoms with Crippen molar-refractivity contribution in [3.63, 3.8) is 0 Å².